The van der Waals surface area contributed by atoms with E-state index in [0.717, 1.165) is 31.2 Å². The van der Waals surface area contributed by atoms with Crippen molar-refractivity contribution < 1.29 is 0 Å². The van der Waals surface area contributed by atoms with E-state index < -0.39 is 0 Å². The number of hydrogen-bond acceptors (Lipinski definition) is 4. The molecule has 0 bridgehead atoms. The quantitative estimate of drug-likeness (QED) is 0.797. The van der Waals surface area contributed by atoms with Crippen LogP contribution in [0, 0.1) is 11.3 Å². The molecule has 1 aromatic carbocycles. The smallest absolute Gasteiger partial charge is 0.194 e. The average molecular weight is 214 g/mol. The molecule has 0 fully saturated rings. The second-order valence-electron chi connectivity index (χ2n) is 3.79. The maximum absolute atomic E-state index is 8.67. The van der Waals surface area contributed by atoms with E-state index in [-0.39, 0.29) is 0 Å². The van der Waals surface area contributed by atoms with E-state index in [1.807, 2.05) is 31.3 Å². The highest BCUT2D eigenvalue weighted by Crippen LogP contribution is 2.03. The van der Waals surface area contributed by atoms with Gasteiger partial charge in [0.15, 0.2) is 5.96 Å². The highest BCUT2D eigenvalue weighted by atomic mass is 15.3. The van der Waals surface area contributed by atoms with Crippen molar-refractivity contribution in [1.82, 2.24) is 10.2 Å². The topological polar surface area (TPSA) is 51.4 Å². The number of rotatable bonds is 2. The molecule has 82 valence electrons. The molecule has 1 N–H and O–H groups in total. The van der Waals surface area contributed by atoms with Crippen LogP contribution in [0.4, 0.5) is 0 Å². The molecule has 2 rings (SSSR count). The Morgan fingerprint density at radius 1 is 1.44 bits per heavy atom. The summed E-state index contributed by atoms with van der Waals surface area (Å²) in [7, 11) is 2.03. The first-order valence-corrected chi connectivity index (χ1v) is 5.28. The van der Waals surface area contributed by atoms with E-state index in [2.05, 4.69) is 21.3 Å². The molecule has 1 aliphatic heterocycles. The minimum absolute atomic E-state index is 0.694. The van der Waals surface area contributed by atoms with Gasteiger partial charge in [0.2, 0.25) is 0 Å². The van der Waals surface area contributed by atoms with Gasteiger partial charge >= 0.3 is 0 Å². The van der Waals surface area contributed by atoms with Gasteiger partial charge < -0.3 is 10.2 Å². The van der Waals surface area contributed by atoms with Crippen molar-refractivity contribution in [3.05, 3.63) is 35.4 Å². The summed E-state index contributed by atoms with van der Waals surface area (Å²) in [6.45, 7) is 2.59. The Hall–Kier alpha value is -2.02. The molecule has 1 aliphatic rings. The van der Waals surface area contributed by atoms with Gasteiger partial charge in [-0.2, -0.15) is 5.26 Å². The zero-order valence-electron chi connectivity index (χ0n) is 9.27. The standard InChI is InChI=1S/C12H14N4/c1-16-7-6-14-12(16)15-9-11-4-2-10(8-13)3-5-11/h2-5H,6-7,9H2,1H3,(H,14,15). The van der Waals surface area contributed by atoms with Crippen LogP contribution in [0.2, 0.25) is 0 Å². The van der Waals surface area contributed by atoms with Crippen LogP contribution in [0.25, 0.3) is 0 Å². The first kappa shape index (κ1) is 10.5. The molecular weight excluding hydrogens is 200 g/mol. The van der Waals surface area contributed by atoms with Crippen molar-refractivity contribution in [3.8, 4) is 6.07 Å². The Bertz CT molecular complexity index is 427. The molecule has 4 heteroatoms. The van der Waals surface area contributed by atoms with Crippen LogP contribution in [0.1, 0.15) is 11.1 Å². The Labute approximate surface area is 95.2 Å². The van der Waals surface area contributed by atoms with Crippen LogP contribution in [-0.2, 0) is 6.54 Å². The summed E-state index contributed by atoms with van der Waals surface area (Å²) in [4.78, 5) is 6.45. The first-order chi connectivity index (χ1) is 7.79. The second-order valence-corrected chi connectivity index (χ2v) is 3.79. The normalized spacial score (nSPS) is 14.5. The molecule has 0 saturated heterocycles. The third-order valence-electron chi connectivity index (χ3n) is 2.59. The zero-order chi connectivity index (χ0) is 11.4. The molecule has 0 unspecified atom stereocenters. The molecule has 0 atom stereocenters. The number of nitrogens with one attached hydrogen (secondary N) is 1. The van der Waals surface area contributed by atoms with Crippen molar-refractivity contribution in [2.75, 3.05) is 20.1 Å². The van der Waals surface area contributed by atoms with E-state index in [1.54, 1.807) is 0 Å². The molecule has 0 radical (unpaired) electrons. The lowest BCUT2D eigenvalue weighted by Crippen LogP contribution is -2.35. The zero-order valence-corrected chi connectivity index (χ0v) is 9.27. The Kier molecular flexibility index (Phi) is 3.06. The summed E-state index contributed by atoms with van der Waals surface area (Å²) >= 11 is 0. The Balaban J connectivity index is 1.92. The van der Waals surface area contributed by atoms with Crippen LogP contribution in [0.15, 0.2) is 29.3 Å². The minimum atomic E-state index is 0.694. The van der Waals surface area contributed by atoms with Crippen molar-refractivity contribution in [1.29, 1.82) is 5.26 Å². The fourth-order valence-electron chi connectivity index (χ4n) is 1.60. The van der Waals surface area contributed by atoms with Crippen LogP contribution in [0.5, 0.6) is 0 Å². The molecule has 0 aliphatic carbocycles. The third kappa shape index (κ3) is 2.31. The summed E-state index contributed by atoms with van der Waals surface area (Å²) in [6, 6.07) is 9.69. The molecule has 1 heterocycles. The van der Waals surface area contributed by atoms with Gasteiger partial charge in [-0.1, -0.05) is 12.1 Å². The fraction of sp³-hybridized carbons (Fsp3) is 0.333. The molecule has 0 saturated carbocycles. The molecule has 0 amide bonds. The highest BCUT2D eigenvalue weighted by Gasteiger charge is 2.10. The summed E-state index contributed by atoms with van der Waals surface area (Å²) in [5, 5.41) is 12.0. The van der Waals surface area contributed by atoms with Gasteiger partial charge in [-0.25, -0.2) is 0 Å². The van der Waals surface area contributed by atoms with Crippen LogP contribution in [0.3, 0.4) is 0 Å². The van der Waals surface area contributed by atoms with E-state index in [0.29, 0.717) is 5.56 Å². The first-order valence-electron chi connectivity index (χ1n) is 5.28. The molecule has 1 aromatic rings. The number of nitrogens with zero attached hydrogens (tertiary/aromatic N) is 3. The number of benzene rings is 1. The van der Waals surface area contributed by atoms with Gasteiger partial charge in [-0.15, -0.1) is 0 Å². The van der Waals surface area contributed by atoms with Gasteiger partial charge in [-0.3, -0.25) is 4.99 Å². The maximum Gasteiger partial charge on any atom is 0.194 e. The van der Waals surface area contributed by atoms with Crippen LogP contribution < -0.4 is 5.32 Å². The number of hydrogen-bond donors (Lipinski definition) is 1. The van der Waals surface area contributed by atoms with Gasteiger partial charge in [0.1, 0.15) is 0 Å². The Morgan fingerprint density at radius 3 is 2.75 bits per heavy atom. The summed E-state index contributed by atoms with van der Waals surface area (Å²) in [5.41, 5.74) is 1.85. The van der Waals surface area contributed by atoms with Gasteiger partial charge in [0, 0.05) is 20.1 Å². The van der Waals surface area contributed by atoms with E-state index in [9.17, 15) is 0 Å². The van der Waals surface area contributed by atoms with Gasteiger partial charge in [0.25, 0.3) is 0 Å². The minimum Gasteiger partial charge on any atom is -0.352 e. The van der Waals surface area contributed by atoms with Gasteiger partial charge in [0.05, 0.1) is 18.2 Å². The van der Waals surface area contributed by atoms with Crippen molar-refractivity contribution >= 4 is 5.96 Å². The van der Waals surface area contributed by atoms with Crippen molar-refractivity contribution in [2.24, 2.45) is 4.99 Å². The van der Waals surface area contributed by atoms with E-state index in [1.165, 1.54) is 0 Å². The monoisotopic (exact) mass is 214 g/mol. The predicted octanol–water partition coefficient (Wildman–Crippen LogP) is 0.949. The lowest BCUT2D eigenvalue weighted by Gasteiger charge is -2.15. The van der Waals surface area contributed by atoms with Crippen molar-refractivity contribution in [3.63, 3.8) is 0 Å². The van der Waals surface area contributed by atoms with Crippen LogP contribution in [-0.4, -0.2) is 31.0 Å². The number of aliphatic imine (C=N–C) groups is 1. The summed E-state index contributed by atoms with van der Waals surface area (Å²) in [6.07, 6.45) is 0. The third-order valence-corrected chi connectivity index (χ3v) is 2.59. The summed E-state index contributed by atoms with van der Waals surface area (Å²) in [5.74, 6) is 0.948. The van der Waals surface area contributed by atoms with E-state index >= 15 is 0 Å². The average Bonchev–Trinajstić information content (AvgIpc) is 2.73. The predicted molar refractivity (Wildman–Crippen MR) is 62.9 cm³/mol. The lowest BCUT2D eigenvalue weighted by molar-refractivity contribution is 0.534. The number of guanidine groups is 1. The molecule has 0 spiro atoms. The molecule has 16 heavy (non-hydrogen) atoms. The fourth-order valence-corrected chi connectivity index (χ4v) is 1.60. The number of nitriles is 1. The lowest BCUT2D eigenvalue weighted by atomic mass is 10.1. The van der Waals surface area contributed by atoms with Gasteiger partial charge in [-0.05, 0) is 17.7 Å². The second kappa shape index (κ2) is 4.67. The molecular formula is C12H14N4. The number of likely N-dealkylation sites (N-methyl/N-ethyl adjacent to an activating group) is 1. The Morgan fingerprint density at radius 2 is 2.19 bits per heavy atom. The SMILES string of the molecule is CN1CCN=C1NCc1ccc(C#N)cc1. The summed E-state index contributed by atoms with van der Waals surface area (Å²) < 4.78 is 0. The largest absolute Gasteiger partial charge is 0.352 e. The highest BCUT2D eigenvalue weighted by molar-refractivity contribution is 5.81. The van der Waals surface area contributed by atoms with Crippen molar-refractivity contribution in [2.45, 2.75) is 6.54 Å². The van der Waals surface area contributed by atoms with E-state index in [4.69, 9.17) is 5.26 Å². The van der Waals surface area contributed by atoms with Crippen LogP contribution >= 0.6 is 0 Å². The molecule has 0 aromatic heterocycles. The maximum atomic E-state index is 8.67. The molecule has 4 nitrogen and oxygen atoms in total.